The molecule has 7 nitrogen and oxygen atoms in total. The van der Waals surface area contributed by atoms with Crippen LogP contribution in [0.25, 0.3) is 11.2 Å². The van der Waals surface area contributed by atoms with Crippen LogP contribution >= 0.6 is 15.9 Å². The quantitative estimate of drug-likeness (QED) is 0.443. The highest BCUT2D eigenvalue weighted by Crippen LogP contribution is 2.28. The molecule has 0 saturated carbocycles. The van der Waals surface area contributed by atoms with E-state index in [-0.39, 0.29) is 16.9 Å². The number of nitrogens with zero attached hydrogens (tertiary/aromatic N) is 4. The number of carbonyl (C=O) groups excluding carboxylic acids is 1. The first-order valence-corrected chi connectivity index (χ1v) is 9.60. The first kappa shape index (κ1) is 19.3. The number of aryl methyl sites for hydroxylation is 1. The minimum Gasteiger partial charge on any atom is -0.302 e. The normalized spacial score (nSPS) is 12.4. The molecule has 8 heteroatoms. The number of Topliss-reactive ketones (excluding diaryl/α,β-unsaturated/α-hetero) is 1. The second kappa shape index (κ2) is 7.64. The molecule has 1 atom stereocenters. The monoisotopic (exact) mass is 432 g/mol. The van der Waals surface area contributed by atoms with Crippen LogP contribution in [0, 0.1) is 0 Å². The Balaban J connectivity index is 2.28. The maximum Gasteiger partial charge on any atom is 0.332 e. The number of rotatable bonds is 6. The van der Waals surface area contributed by atoms with E-state index in [1.807, 2.05) is 25.1 Å². The summed E-state index contributed by atoms with van der Waals surface area (Å²) in [7, 11) is 2.99. The third-order valence-corrected chi connectivity index (χ3v) is 5.31. The lowest BCUT2D eigenvalue weighted by Gasteiger charge is -2.19. The maximum atomic E-state index is 13.2. The predicted octanol–water partition coefficient (Wildman–Crippen LogP) is 2.81. The molecule has 0 bridgehead atoms. The van der Waals surface area contributed by atoms with E-state index < -0.39 is 17.3 Å². The van der Waals surface area contributed by atoms with Crippen LogP contribution in [0.1, 0.15) is 42.6 Å². The molecule has 0 N–H and O–H groups in total. The molecule has 27 heavy (non-hydrogen) atoms. The lowest BCUT2D eigenvalue weighted by Crippen LogP contribution is -2.38. The molecule has 1 unspecified atom stereocenters. The molecule has 1 aromatic carbocycles. The highest BCUT2D eigenvalue weighted by Gasteiger charge is 2.28. The van der Waals surface area contributed by atoms with Crippen molar-refractivity contribution in [3.8, 4) is 0 Å². The van der Waals surface area contributed by atoms with Crippen molar-refractivity contribution in [3.63, 3.8) is 0 Å². The fourth-order valence-electron chi connectivity index (χ4n) is 3.24. The number of ketones is 1. The van der Waals surface area contributed by atoms with Gasteiger partial charge >= 0.3 is 5.69 Å². The van der Waals surface area contributed by atoms with E-state index in [2.05, 4.69) is 20.9 Å². The highest BCUT2D eigenvalue weighted by atomic mass is 79.9. The zero-order chi connectivity index (χ0) is 19.7. The lowest BCUT2D eigenvalue weighted by atomic mass is 9.99. The smallest absolute Gasteiger partial charge is 0.302 e. The van der Waals surface area contributed by atoms with Gasteiger partial charge in [-0.05, 0) is 22.4 Å². The average Bonchev–Trinajstić information content (AvgIpc) is 3.03. The summed E-state index contributed by atoms with van der Waals surface area (Å²) in [4.78, 5) is 42.6. The zero-order valence-electron chi connectivity index (χ0n) is 15.5. The molecule has 0 aliphatic carbocycles. The van der Waals surface area contributed by atoms with Crippen molar-refractivity contribution < 1.29 is 4.79 Å². The molecule has 0 aliphatic heterocycles. The molecule has 2 heterocycles. The van der Waals surface area contributed by atoms with Crippen LogP contribution in [0.15, 0.2) is 44.7 Å². The van der Waals surface area contributed by atoms with Gasteiger partial charge in [-0.15, -0.1) is 0 Å². The Hall–Kier alpha value is -2.48. The van der Waals surface area contributed by atoms with Gasteiger partial charge in [-0.2, -0.15) is 0 Å². The Morgan fingerprint density at radius 1 is 1.15 bits per heavy atom. The van der Waals surface area contributed by atoms with Gasteiger partial charge in [0.25, 0.3) is 5.56 Å². The van der Waals surface area contributed by atoms with Crippen molar-refractivity contribution in [2.45, 2.75) is 32.2 Å². The molecule has 0 spiro atoms. The molecule has 2 aromatic heterocycles. The standard InChI is InChI=1S/C19H21BrN4O3/c1-4-5-11-13(15(25)12-9-7-6-8-10-12)24-14-16(21-18(24)20)22(2)19(27)23(3)17(14)26/h6-10,13H,4-5,11H2,1-3H3. The van der Waals surface area contributed by atoms with Crippen molar-refractivity contribution >= 4 is 32.9 Å². The summed E-state index contributed by atoms with van der Waals surface area (Å²) < 4.78 is 4.35. The van der Waals surface area contributed by atoms with Crippen LogP contribution in [0.5, 0.6) is 0 Å². The highest BCUT2D eigenvalue weighted by molar-refractivity contribution is 9.10. The number of carbonyl (C=O) groups is 1. The minimum atomic E-state index is -0.586. The Bertz CT molecular complexity index is 1110. The van der Waals surface area contributed by atoms with Crippen LogP contribution in [0.3, 0.4) is 0 Å². The van der Waals surface area contributed by atoms with Gasteiger partial charge in [0, 0.05) is 19.7 Å². The van der Waals surface area contributed by atoms with Crippen molar-refractivity contribution in [2.24, 2.45) is 14.1 Å². The first-order valence-electron chi connectivity index (χ1n) is 8.81. The van der Waals surface area contributed by atoms with E-state index in [9.17, 15) is 14.4 Å². The number of halogens is 1. The number of hydrogen-bond donors (Lipinski definition) is 0. The van der Waals surface area contributed by atoms with Crippen molar-refractivity contribution in [1.82, 2.24) is 18.7 Å². The van der Waals surface area contributed by atoms with Crippen LogP contribution < -0.4 is 11.2 Å². The van der Waals surface area contributed by atoms with Gasteiger partial charge in [0.1, 0.15) is 0 Å². The average molecular weight is 433 g/mol. The number of imidazole rings is 1. The van der Waals surface area contributed by atoms with Gasteiger partial charge in [-0.25, -0.2) is 9.78 Å². The largest absolute Gasteiger partial charge is 0.332 e. The van der Waals surface area contributed by atoms with Gasteiger partial charge in [-0.1, -0.05) is 50.1 Å². The van der Waals surface area contributed by atoms with E-state index >= 15 is 0 Å². The molecule has 0 radical (unpaired) electrons. The summed E-state index contributed by atoms with van der Waals surface area (Å²) in [6.45, 7) is 2.05. The third-order valence-electron chi connectivity index (χ3n) is 4.75. The van der Waals surface area contributed by atoms with Gasteiger partial charge < -0.3 is 4.57 Å². The van der Waals surface area contributed by atoms with Gasteiger partial charge in [-0.3, -0.25) is 18.7 Å². The SMILES string of the molecule is CCCCC(C(=O)c1ccccc1)n1c(Br)nc2c1c(=O)n(C)c(=O)n2C. The maximum absolute atomic E-state index is 13.2. The van der Waals surface area contributed by atoms with Gasteiger partial charge in [0.15, 0.2) is 21.7 Å². The summed E-state index contributed by atoms with van der Waals surface area (Å²) in [5.41, 5.74) is 0.168. The summed E-state index contributed by atoms with van der Waals surface area (Å²) in [5.74, 6) is -0.0834. The summed E-state index contributed by atoms with van der Waals surface area (Å²) in [6.07, 6.45) is 2.31. The summed E-state index contributed by atoms with van der Waals surface area (Å²) >= 11 is 3.40. The molecule has 3 aromatic rings. The summed E-state index contributed by atoms with van der Waals surface area (Å²) in [5, 5.41) is 0. The Labute approximate surface area is 164 Å². The number of hydrogen-bond acceptors (Lipinski definition) is 4. The van der Waals surface area contributed by atoms with Crippen molar-refractivity contribution in [2.75, 3.05) is 0 Å². The first-order chi connectivity index (χ1) is 12.9. The zero-order valence-corrected chi connectivity index (χ0v) is 17.1. The lowest BCUT2D eigenvalue weighted by molar-refractivity contribution is 0.0918. The van der Waals surface area contributed by atoms with Gasteiger partial charge in [0.05, 0.1) is 6.04 Å². The third kappa shape index (κ3) is 3.29. The van der Waals surface area contributed by atoms with E-state index in [1.54, 1.807) is 23.7 Å². The summed E-state index contributed by atoms with van der Waals surface area (Å²) in [6, 6.07) is 8.43. The molecular weight excluding hydrogens is 412 g/mol. The van der Waals surface area contributed by atoms with Crippen molar-refractivity contribution in [1.29, 1.82) is 0 Å². The van der Waals surface area contributed by atoms with E-state index in [0.29, 0.717) is 16.7 Å². The van der Waals surface area contributed by atoms with Crippen LogP contribution in [0.4, 0.5) is 0 Å². The fourth-order valence-corrected chi connectivity index (χ4v) is 3.83. The van der Waals surface area contributed by atoms with E-state index in [4.69, 9.17) is 0 Å². The number of fused-ring (bicyclic) bond motifs is 1. The molecule has 0 amide bonds. The van der Waals surface area contributed by atoms with Crippen molar-refractivity contribution in [3.05, 3.63) is 61.5 Å². The molecular formula is C19H21BrN4O3. The second-order valence-electron chi connectivity index (χ2n) is 6.52. The van der Waals surface area contributed by atoms with Crippen LogP contribution in [-0.2, 0) is 14.1 Å². The molecule has 0 aliphatic rings. The number of benzene rings is 1. The molecule has 142 valence electrons. The Morgan fingerprint density at radius 2 is 1.81 bits per heavy atom. The van der Waals surface area contributed by atoms with Crippen LogP contribution in [-0.4, -0.2) is 24.5 Å². The topological polar surface area (TPSA) is 78.9 Å². The predicted molar refractivity (Wildman–Crippen MR) is 107 cm³/mol. The number of unbranched alkanes of at least 4 members (excludes halogenated alkanes) is 1. The van der Waals surface area contributed by atoms with Crippen LogP contribution in [0.2, 0.25) is 0 Å². The minimum absolute atomic E-state index is 0.0834. The van der Waals surface area contributed by atoms with E-state index in [1.165, 1.54) is 11.6 Å². The second-order valence-corrected chi connectivity index (χ2v) is 7.23. The Kier molecular flexibility index (Phi) is 5.46. The number of aromatic nitrogens is 4. The van der Waals surface area contributed by atoms with Gasteiger partial charge in [0.2, 0.25) is 0 Å². The fraction of sp³-hybridized carbons (Fsp3) is 0.368. The molecule has 0 fully saturated rings. The Morgan fingerprint density at radius 3 is 2.44 bits per heavy atom. The molecule has 0 saturated heterocycles. The molecule has 3 rings (SSSR count). The van der Waals surface area contributed by atoms with E-state index in [0.717, 1.165) is 17.4 Å².